The van der Waals surface area contributed by atoms with Gasteiger partial charge in [0.2, 0.25) is 5.88 Å². The third-order valence-corrected chi connectivity index (χ3v) is 4.51. The van der Waals surface area contributed by atoms with Crippen LogP contribution in [0, 0.1) is 0 Å². The molecule has 25 heavy (non-hydrogen) atoms. The van der Waals surface area contributed by atoms with Gasteiger partial charge in [-0.05, 0) is 25.0 Å². The molecule has 128 valence electrons. The Morgan fingerprint density at radius 3 is 2.76 bits per heavy atom. The van der Waals surface area contributed by atoms with Crippen LogP contribution in [0.2, 0.25) is 0 Å². The second kappa shape index (κ2) is 6.93. The molecule has 1 aromatic carbocycles. The van der Waals surface area contributed by atoms with E-state index in [4.69, 9.17) is 4.74 Å². The molecule has 6 nitrogen and oxygen atoms in total. The van der Waals surface area contributed by atoms with Gasteiger partial charge in [-0.15, -0.1) is 0 Å². The third-order valence-electron chi connectivity index (χ3n) is 4.51. The molecule has 1 amide bonds. The summed E-state index contributed by atoms with van der Waals surface area (Å²) in [5, 5.41) is 3.12. The first-order chi connectivity index (χ1) is 12.3. The standard InChI is InChI=1S/C19H20N4O2/c24-19(22-13-7-3-1-4-8-13)15-11-20-18-17(15)23-16(12-21-18)25-14-9-5-2-6-10-14/h2,5-6,9-13H,1,3-4,7-8H2,(H,20,21)(H,22,24). The molecule has 1 saturated carbocycles. The zero-order valence-electron chi connectivity index (χ0n) is 13.9. The summed E-state index contributed by atoms with van der Waals surface area (Å²) >= 11 is 0. The summed E-state index contributed by atoms with van der Waals surface area (Å²) in [6, 6.07) is 9.64. The number of nitrogens with zero attached hydrogens (tertiary/aromatic N) is 2. The molecule has 0 spiro atoms. The quantitative estimate of drug-likeness (QED) is 0.759. The number of carbonyl (C=O) groups excluding carboxylic acids is 1. The minimum absolute atomic E-state index is 0.107. The number of aromatic nitrogens is 3. The maximum Gasteiger partial charge on any atom is 0.255 e. The van der Waals surface area contributed by atoms with Gasteiger partial charge in [0.05, 0.1) is 11.8 Å². The normalized spacial score (nSPS) is 15.2. The summed E-state index contributed by atoms with van der Waals surface area (Å²) in [5.74, 6) is 0.939. The third kappa shape index (κ3) is 3.47. The summed E-state index contributed by atoms with van der Waals surface area (Å²) in [6.45, 7) is 0. The highest BCUT2D eigenvalue weighted by atomic mass is 16.5. The maximum atomic E-state index is 12.6. The van der Waals surface area contributed by atoms with Gasteiger partial charge in [0, 0.05) is 12.2 Å². The van der Waals surface area contributed by atoms with Crippen LogP contribution in [0.1, 0.15) is 42.5 Å². The Morgan fingerprint density at radius 2 is 1.96 bits per heavy atom. The number of carbonyl (C=O) groups is 1. The lowest BCUT2D eigenvalue weighted by Crippen LogP contribution is -2.36. The van der Waals surface area contributed by atoms with E-state index >= 15 is 0 Å². The summed E-state index contributed by atoms with van der Waals surface area (Å²) in [7, 11) is 0. The minimum Gasteiger partial charge on any atom is -0.437 e. The number of ether oxygens (including phenoxy) is 1. The van der Waals surface area contributed by atoms with Crippen molar-refractivity contribution in [1.82, 2.24) is 20.3 Å². The van der Waals surface area contributed by atoms with Gasteiger partial charge in [0.15, 0.2) is 5.65 Å². The summed E-state index contributed by atoms with van der Waals surface area (Å²) in [4.78, 5) is 24.4. The van der Waals surface area contributed by atoms with Crippen molar-refractivity contribution in [1.29, 1.82) is 0 Å². The molecule has 6 heteroatoms. The number of rotatable bonds is 4. The van der Waals surface area contributed by atoms with Crippen LogP contribution in [0.3, 0.4) is 0 Å². The van der Waals surface area contributed by atoms with Gasteiger partial charge in [0.1, 0.15) is 11.3 Å². The zero-order chi connectivity index (χ0) is 17.1. The van der Waals surface area contributed by atoms with Gasteiger partial charge in [-0.3, -0.25) is 4.79 Å². The highest BCUT2D eigenvalue weighted by molar-refractivity contribution is 6.04. The molecule has 1 aliphatic rings. The van der Waals surface area contributed by atoms with Crippen LogP contribution >= 0.6 is 0 Å². The van der Waals surface area contributed by atoms with E-state index in [2.05, 4.69) is 20.3 Å². The Kier molecular flexibility index (Phi) is 4.33. The van der Waals surface area contributed by atoms with E-state index in [1.54, 1.807) is 12.4 Å². The molecule has 2 heterocycles. The van der Waals surface area contributed by atoms with Gasteiger partial charge in [-0.1, -0.05) is 37.5 Å². The Labute approximate surface area is 145 Å². The van der Waals surface area contributed by atoms with Gasteiger partial charge in [0.25, 0.3) is 5.91 Å². The van der Waals surface area contributed by atoms with Crippen molar-refractivity contribution in [3.05, 3.63) is 48.3 Å². The van der Waals surface area contributed by atoms with Crippen molar-refractivity contribution >= 4 is 17.1 Å². The molecule has 0 radical (unpaired) electrons. The fourth-order valence-corrected chi connectivity index (χ4v) is 3.22. The predicted octanol–water partition coefficient (Wildman–Crippen LogP) is 3.81. The SMILES string of the molecule is O=C(NC1CCCCC1)c1c[nH]c2ncc(Oc3ccccc3)nc12. The Bertz CT molecular complexity index is 870. The number of H-pyrrole nitrogens is 1. The van der Waals surface area contributed by atoms with Crippen molar-refractivity contribution in [2.45, 2.75) is 38.1 Å². The van der Waals surface area contributed by atoms with E-state index in [0.717, 1.165) is 12.8 Å². The number of fused-ring (bicyclic) bond motifs is 1. The molecule has 0 unspecified atom stereocenters. The average Bonchev–Trinajstić information content (AvgIpc) is 3.07. The smallest absolute Gasteiger partial charge is 0.255 e. The van der Waals surface area contributed by atoms with Crippen molar-refractivity contribution in [3.8, 4) is 11.6 Å². The van der Waals surface area contributed by atoms with E-state index in [0.29, 0.717) is 28.4 Å². The lowest BCUT2D eigenvalue weighted by molar-refractivity contribution is 0.0929. The van der Waals surface area contributed by atoms with E-state index in [-0.39, 0.29) is 11.9 Å². The molecule has 0 aliphatic heterocycles. The second-order valence-electron chi connectivity index (χ2n) is 6.33. The van der Waals surface area contributed by atoms with Gasteiger partial charge in [-0.2, -0.15) is 0 Å². The highest BCUT2D eigenvalue weighted by Crippen LogP contribution is 2.23. The van der Waals surface area contributed by atoms with Crippen molar-refractivity contribution in [3.63, 3.8) is 0 Å². The molecule has 0 saturated heterocycles. The first-order valence-corrected chi connectivity index (χ1v) is 8.67. The van der Waals surface area contributed by atoms with Crippen LogP contribution in [0.25, 0.3) is 11.2 Å². The lowest BCUT2D eigenvalue weighted by Gasteiger charge is -2.22. The molecule has 0 bridgehead atoms. The van der Waals surface area contributed by atoms with Crippen LogP contribution < -0.4 is 10.1 Å². The maximum absolute atomic E-state index is 12.6. The molecule has 2 aromatic heterocycles. The molecule has 1 aliphatic carbocycles. The van der Waals surface area contributed by atoms with E-state index in [9.17, 15) is 4.79 Å². The molecular weight excluding hydrogens is 316 g/mol. The van der Waals surface area contributed by atoms with Crippen molar-refractivity contribution in [2.75, 3.05) is 0 Å². The van der Waals surface area contributed by atoms with Crippen LogP contribution in [0.5, 0.6) is 11.6 Å². The number of hydrogen-bond acceptors (Lipinski definition) is 4. The molecule has 3 aromatic rings. The van der Waals surface area contributed by atoms with Crippen LogP contribution in [0.4, 0.5) is 0 Å². The zero-order valence-corrected chi connectivity index (χ0v) is 13.9. The first kappa shape index (κ1) is 15.6. The first-order valence-electron chi connectivity index (χ1n) is 8.67. The number of hydrogen-bond donors (Lipinski definition) is 2. The highest BCUT2D eigenvalue weighted by Gasteiger charge is 2.20. The summed E-state index contributed by atoms with van der Waals surface area (Å²) < 4.78 is 5.72. The van der Waals surface area contributed by atoms with Gasteiger partial charge >= 0.3 is 0 Å². The number of amides is 1. The Balaban J connectivity index is 1.56. The number of nitrogens with one attached hydrogen (secondary N) is 2. The van der Waals surface area contributed by atoms with Crippen molar-refractivity contribution < 1.29 is 9.53 Å². The summed E-state index contributed by atoms with van der Waals surface area (Å²) in [6.07, 6.45) is 8.90. The van der Waals surface area contributed by atoms with Gasteiger partial charge < -0.3 is 15.0 Å². The molecule has 2 N–H and O–H groups in total. The largest absolute Gasteiger partial charge is 0.437 e. The number of aromatic amines is 1. The summed E-state index contributed by atoms with van der Waals surface area (Å²) in [5.41, 5.74) is 1.61. The predicted molar refractivity (Wildman–Crippen MR) is 94.7 cm³/mol. The Morgan fingerprint density at radius 1 is 1.16 bits per heavy atom. The van der Waals surface area contributed by atoms with Gasteiger partial charge in [-0.25, -0.2) is 9.97 Å². The fourth-order valence-electron chi connectivity index (χ4n) is 3.22. The van der Waals surface area contributed by atoms with E-state index in [1.807, 2.05) is 30.3 Å². The van der Waals surface area contributed by atoms with Crippen LogP contribution in [-0.4, -0.2) is 26.9 Å². The molecular formula is C19H20N4O2. The topological polar surface area (TPSA) is 79.9 Å². The molecule has 1 fully saturated rings. The number of para-hydroxylation sites is 1. The molecule has 0 atom stereocenters. The minimum atomic E-state index is -0.107. The lowest BCUT2D eigenvalue weighted by atomic mass is 9.95. The van der Waals surface area contributed by atoms with Crippen LogP contribution in [0.15, 0.2) is 42.7 Å². The average molecular weight is 336 g/mol. The van der Waals surface area contributed by atoms with Crippen molar-refractivity contribution in [2.24, 2.45) is 0 Å². The Hall–Kier alpha value is -2.89. The fraction of sp³-hybridized carbons (Fsp3) is 0.316. The molecule has 4 rings (SSSR count). The number of benzene rings is 1. The monoisotopic (exact) mass is 336 g/mol. The van der Waals surface area contributed by atoms with Crippen LogP contribution in [-0.2, 0) is 0 Å². The van der Waals surface area contributed by atoms with E-state index in [1.165, 1.54) is 19.3 Å². The second-order valence-corrected chi connectivity index (χ2v) is 6.33. The van der Waals surface area contributed by atoms with E-state index < -0.39 is 0 Å².